The monoisotopic (exact) mass is 328 g/mol. The van der Waals surface area contributed by atoms with Gasteiger partial charge in [-0.15, -0.1) is 12.4 Å². The number of nitrogens with zero attached hydrogens (tertiary/aromatic N) is 3. The minimum atomic E-state index is -1.20. The molecule has 2 atom stereocenters. The largest absolute Gasteiger partial charge is 0.315 e. The molecule has 1 aliphatic rings. The number of aromatic nitrogens is 2. The van der Waals surface area contributed by atoms with E-state index in [0.29, 0.717) is 22.6 Å². The van der Waals surface area contributed by atoms with Crippen LogP contribution in [0, 0.1) is 10.1 Å². The van der Waals surface area contributed by atoms with E-state index in [2.05, 4.69) is 15.3 Å². The Morgan fingerprint density at radius 2 is 2.19 bits per heavy atom. The maximum absolute atomic E-state index is 12.3. The van der Waals surface area contributed by atoms with Gasteiger partial charge in [0.25, 0.3) is 5.69 Å². The van der Waals surface area contributed by atoms with Gasteiger partial charge in [0, 0.05) is 18.7 Å². The number of nitrogens with one attached hydrogen (secondary N) is 1. The van der Waals surface area contributed by atoms with E-state index in [1.165, 1.54) is 24.4 Å². The second kappa shape index (κ2) is 6.42. The summed E-state index contributed by atoms with van der Waals surface area (Å²) in [6, 6.07) is 4.28. The normalized spacial score (nSPS) is 19.1. The zero-order valence-electron chi connectivity index (χ0n) is 10.9. The molecule has 1 aliphatic heterocycles. The lowest BCUT2D eigenvalue weighted by molar-refractivity contribution is -0.384. The van der Waals surface area contributed by atoms with Crippen LogP contribution in [0.5, 0.6) is 0 Å². The van der Waals surface area contributed by atoms with Crippen LogP contribution in [-0.2, 0) is 10.8 Å². The van der Waals surface area contributed by atoms with Crippen molar-refractivity contribution < 1.29 is 9.13 Å². The van der Waals surface area contributed by atoms with Gasteiger partial charge in [-0.05, 0) is 19.0 Å². The van der Waals surface area contributed by atoms with Crippen LogP contribution >= 0.6 is 12.4 Å². The first kappa shape index (κ1) is 15.7. The molecule has 1 fully saturated rings. The molecule has 112 valence electrons. The van der Waals surface area contributed by atoms with Crippen molar-refractivity contribution in [3.05, 3.63) is 34.5 Å². The van der Waals surface area contributed by atoms with E-state index in [-0.39, 0.29) is 23.3 Å². The quantitative estimate of drug-likeness (QED) is 0.676. The molecule has 0 amide bonds. The number of rotatable bonds is 3. The van der Waals surface area contributed by atoms with Gasteiger partial charge in [-0.3, -0.25) is 19.3 Å². The fourth-order valence-corrected chi connectivity index (χ4v) is 3.46. The molecule has 1 saturated heterocycles. The van der Waals surface area contributed by atoms with E-state index in [4.69, 9.17) is 0 Å². The van der Waals surface area contributed by atoms with Crippen LogP contribution in [0.15, 0.2) is 29.4 Å². The molecule has 0 radical (unpaired) electrons. The number of nitro groups is 1. The highest BCUT2D eigenvalue weighted by Crippen LogP contribution is 2.20. The van der Waals surface area contributed by atoms with Crippen molar-refractivity contribution in [1.82, 2.24) is 15.3 Å². The molecule has 0 aliphatic carbocycles. The molecule has 9 heteroatoms. The van der Waals surface area contributed by atoms with Gasteiger partial charge in [0.2, 0.25) is 0 Å². The van der Waals surface area contributed by atoms with Crippen molar-refractivity contribution in [3.63, 3.8) is 0 Å². The van der Waals surface area contributed by atoms with Gasteiger partial charge in [-0.25, -0.2) is 4.98 Å². The van der Waals surface area contributed by atoms with E-state index in [9.17, 15) is 14.3 Å². The predicted octanol–water partition coefficient (Wildman–Crippen LogP) is 1.43. The lowest BCUT2D eigenvalue weighted by Gasteiger charge is -2.07. The predicted molar refractivity (Wildman–Crippen MR) is 81.1 cm³/mol. The van der Waals surface area contributed by atoms with Crippen molar-refractivity contribution in [1.29, 1.82) is 0 Å². The van der Waals surface area contributed by atoms with E-state index >= 15 is 0 Å². The number of nitro benzene ring substituents is 1. The first-order valence-electron chi connectivity index (χ1n) is 6.17. The Kier molecular flexibility index (Phi) is 4.81. The molecule has 0 unspecified atom stereocenters. The van der Waals surface area contributed by atoms with Gasteiger partial charge in [0.1, 0.15) is 5.03 Å². The van der Waals surface area contributed by atoms with Crippen LogP contribution in [0.4, 0.5) is 5.69 Å². The summed E-state index contributed by atoms with van der Waals surface area (Å²) in [5, 5.41) is 14.3. The molecular weight excluding hydrogens is 316 g/mol. The van der Waals surface area contributed by atoms with Crippen LogP contribution in [0.3, 0.4) is 0 Å². The standard InChI is InChI=1S/C12H12N4O3S.ClH/c17-16(18)8-1-2-10-11(5-8)14-7-12(15-10)20(19)9-3-4-13-6-9;/h1-2,5,7,9,13H,3-4,6H2;1H/t9-,20+;/m0./s1. The lowest BCUT2D eigenvalue weighted by atomic mass is 10.3. The molecule has 7 nitrogen and oxygen atoms in total. The molecule has 0 spiro atoms. The Hall–Kier alpha value is -1.64. The third-order valence-corrected chi connectivity index (χ3v) is 4.86. The van der Waals surface area contributed by atoms with Gasteiger partial charge in [0.05, 0.1) is 38.2 Å². The number of non-ortho nitro benzene ring substituents is 1. The summed E-state index contributed by atoms with van der Waals surface area (Å²) >= 11 is 0. The summed E-state index contributed by atoms with van der Waals surface area (Å²) in [5.74, 6) is 0. The van der Waals surface area contributed by atoms with Crippen molar-refractivity contribution in [3.8, 4) is 0 Å². The van der Waals surface area contributed by atoms with Crippen molar-refractivity contribution in [2.45, 2.75) is 16.7 Å². The Morgan fingerprint density at radius 1 is 1.38 bits per heavy atom. The van der Waals surface area contributed by atoms with Crippen molar-refractivity contribution in [2.75, 3.05) is 13.1 Å². The summed E-state index contributed by atoms with van der Waals surface area (Å²) < 4.78 is 12.3. The van der Waals surface area contributed by atoms with E-state index in [1.807, 2.05) is 0 Å². The highest BCUT2D eigenvalue weighted by molar-refractivity contribution is 7.85. The summed E-state index contributed by atoms with van der Waals surface area (Å²) in [4.78, 5) is 18.7. The Morgan fingerprint density at radius 3 is 2.86 bits per heavy atom. The van der Waals surface area contributed by atoms with Gasteiger partial charge in [-0.2, -0.15) is 0 Å². The SMILES string of the molecule is Cl.O=[N+]([O-])c1ccc2nc([S@](=O)[C@H]3CCNC3)cnc2c1. The van der Waals surface area contributed by atoms with E-state index < -0.39 is 15.7 Å². The average Bonchev–Trinajstić information content (AvgIpc) is 2.99. The third kappa shape index (κ3) is 3.17. The fourth-order valence-electron chi connectivity index (χ4n) is 2.17. The zero-order chi connectivity index (χ0) is 14.1. The van der Waals surface area contributed by atoms with Crippen LogP contribution < -0.4 is 5.32 Å². The molecule has 21 heavy (non-hydrogen) atoms. The molecule has 1 aromatic carbocycles. The average molecular weight is 329 g/mol. The Bertz CT molecular complexity index is 706. The molecule has 2 heterocycles. The second-order valence-corrected chi connectivity index (χ2v) is 6.23. The minimum absolute atomic E-state index is 0. The van der Waals surface area contributed by atoms with Crippen molar-refractivity contribution in [2.24, 2.45) is 0 Å². The van der Waals surface area contributed by atoms with Gasteiger partial charge >= 0.3 is 0 Å². The molecule has 3 rings (SSSR count). The maximum atomic E-state index is 12.3. The second-order valence-electron chi connectivity index (χ2n) is 4.55. The van der Waals surface area contributed by atoms with Crippen LogP contribution in [0.1, 0.15) is 6.42 Å². The highest BCUT2D eigenvalue weighted by atomic mass is 35.5. The molecular formula is C12H13ClN4O3S. The number of halogens is 1. The van der Waals surface area contributed by atoms with Gasteiger partial charge in [-0.1, -0.05) is 0 Å². The minimum Gasteiger partial charge on any atom is -0.315 e. The topological polar surface area (TPSA) is 98.0 Å². The highest BCUT2D eigenvalue weighted by Gasteiger charge is 2.23. The molecule has 2 aromatic rings. The molecule has 1 aromatic heterocycles. The van der Waals surface area contributed by atoms with Crippen LogP contribution in [0.2, 0.25) is 0 Å². The summed E-state index contributed by atoms with van der Waals surface area (Å²) in [6.07, 6.45) is 2.30. The fraction of sp³-hybridized carbons (Fsp3) is 0.333. The van der Waals surface area contributed by atoms with Crippen molar-refractivity contribution >= 4 is 39.9 Å². The first-order valence-corrected chi connectivity index (χ1v) is 7.39. The number of fused-ring (bicyclic) bond motifs is 1. The maximum Gasteiger partial charge on any atom is 0.271 e. The summed E-state index contributed by atoms with van der Waals surface area (Å²) in [7, 11) is -1.20. The van der Waals surface area contributed by atoms with E-state index in [1.54, 1.807) is 0 Å². The summed E-state index contributed by atoms with van der Waals surface area (Å²) in [5.41, 5.74) is 0.928. The first-order chi connectivity index (χ1) is 9.65. The number of hydrogen-bond donors (Lipinski definition) is 1. The number of benzene rings is 1. The van der Waals surface area contributed by atoms with Crippen LogP contribution in [-0.4, -0.2) is 37.4 Å². The Labute approximate surface area is 129 Å². The third-order valence-electron chi connectivity index (χ3n) is 3.24. The van der Waals surface area contributed by atoms with Crippen LogP contribution in [0.25, 0.3) is 11.0 Å². The molecule has 0 bridgehead atoms. The number of hydrogen-bond acceptors (Lipinski definition) is 6. The Balaban J connectivity index is 0.00000161. The lowest BCUT2D eigenvalue weighted by Crippen LogP contribution is -2.19. The molecule has 0 saturated carbocycles. The zero-order valence-corrected chi connectivity index (χ0v) is 12.5. The smallest absolute Gasteiger partial charge is 0.271 e. The summed E-state index contributed by atoms with van der Waals surface area (Å²) in [6.45, 7) is 1.58. The van der Waals surface area contributed by atoms with Gasteiger partial charge < -0.3 is 5.32 Å². The molecule has 1 N–H and O–H groups in total. The van der Waals surface area contributed by atoms with E-state index in [0.717, 1.165) is 13.0 Å². The van der Waals surface area contributed by atoms with Gasteiger partial charge in [0.15, 0.2) is 0 Å².